The van der Waals surface area contributed by atoms with Crippen LogP contribution < -0.4 is 11.1 Å². The van der Waals surface area contributed by atoms with E-state index in [-0.39, 0.29) is 12.6 Å². The van der Waals surface area contributed by atoms with Crippen molar-refractivity contribution < 1.29 is 5.11 Å². The lowest BCUT2D eigenvalue weighted by Crippen LogP contribution is -2.34. The first-order valence-corrected chi connectivity index (χ1v) is 8.82. The largest absolute Gasteiger partial charge is 0.395 e. The number of rotatable bonds is 7. The van der Waals surface area contributed by atoms with E-state index < -0.39 is 0 Å². The van der Waals surface area contributed by atoms with Gasteiger partial charge in [-0.1, -0.05) is 11.6 Å². The van der Waals surface area contributed by atoms with E-state index in [0.29, 0.717) is 12.4 Å². The number of anilines is 1. The summed E-state index contributed by atoms with van der Waals surface area (Å²) in [6.45, 7) is 0.642. The number of nitrogens with two attached hydrogens (primary N) is 1. The van der Waals surface area contributed by atoms with Gasteiger partial charge < -0.3 is 21.1 Å². The lowest BCUT2D eigenvalue weighted by atomic mass is 10.2. The summed E-state index contributed by atoms with van der Waals surface area (Å²) in [5.41, 5.74) is 8.36. The quantitative estimate of drug-likeness (QED) is 0.481. The number of aromatic nitrogens is 3. The Morgan fingerprint density at radius 2 is 2.08 bits per heavy atom. The summed E-state index contributed by atoms with van der Waals surface area (Å²) in [5, 5.41) is 13.6. The van der Waals surface area contributed by atoms with Crippen molar-refractivity contribution in [2.24, 2.45) is 0 Å². The number of nitrogens with one attached hydrogen (secondary N) is 2. The molecule has 1 atom stereocenters. The molecule has 5 N–H and O–H groups in total. The molecular formula is C16H18ClN5OS. The highest BCUT2D eigenvalue weighted by Crippen LogP contribution is 2.22. The van der Waals surface area contributed by atoms with Crippen LogP contribution in [0.2, 0.25) is 5.02 Å². The van der Waals surface area contributed by atoms with Crippen molar-refractivity contribution in [1.82, 2.24) is 20.3 Å². The molecule has 0 aliphatic rings. The first-order chi connectivity index (χ1) is 11.7. The third kappa shape index (κ3) is 3.99. The molecule has 0 radical (unpaired) electrons. The number of H-pyrrole nitrogens is 1. The number of aliphatic hydroxyl groups excluding tert-OH is 1. The Bertz CT molecular complexity index is 808. The predicted molar refractivity (Wildman–Crippen MR) is 98.2 cm³/mol. The molecule has 0 aliphatic heterocycles. The molecule has 0 fully saturated rings. The third-order valence-corrected chi connectivity index (χ3v) is 5.06. The lowest BCUT2D eigenvalue weighted by Gasteiger charge is -2.15. The highest BCUT2D eigenvalue weighted by atomic mass is 35.5. The second-order valence-electron chi connectivity index (χ2n) is 5.32. The van der Waals surface area contributed by atoms with Gasteiger partial charge in [0.1, 0.15) is 11.8 Å². The van der Waals surface area contributed by atoms with Gasteiger partial charge in [-0.2, -0.15) is 0 Å². The average Bonchev–Trinajstić information content (AvgIpc) is 3.01. The van der Waals surface area contributed by atoms with Crippen LogP contribution in [0.3, 0.4) is 0 Å². The summed E-state index contributed by atoms with van der Waals surface area (Å²) in [7, 11) is 0. The molecule has 1 unspecified atom stereocenters. The van der Waals surface area contributed by atoms with Crippen LogP contribution in [-0.2, 0) is 6.54 Å². The molecule has 1 aromatic carbocycles. The summed E-state index contributed by atoms with van der Waals surface area (Å²) in [5.74, 6) is 1.18. The summed E-state index contributed by atoms with van der Waals surface area (Å²) < 4.78 is 0. The van der Waals surface area contributed by atoms with Gasteiger partial charge in [0.15, 0.2) is 5.82 Å². The van der Waals surface area contributed by atoms with Gasteiger partial charge in [-0.25, -0.2) is 9.97 Å². The molecular weight excluding hydrogens is 346 g/mol. The van der Waals surface area contributed by atoms with E-state index in [1.165, 1.54) is 6.33 Å². The van der Waals surface area contributed by atoms with Crippen molar-refractivity contribution >= 4 is 40.2 Å². The molecule has 8 heteroatoms. The van der Waals surface area contributed by atoms with Crippen molar-refractivity contribution in [2.45, 2.75) is 17.5 Å². The Morgan fingerprint density at radius 1 is 1.29 bits per heavy atom. The number of hydrogen-bond acceptors (Lipinski definition) is 6. The molecule has 3 rings (SSSR count). The maximum absolute atomic E-state index is 9.58. The molecule has 3 aromatic rings. The molecule has 6 nitrogen and oxygen atoms in total. The topological polar surface area (TPSA) is 99.8 Å². The molecule has 2 heterocycles. The van der Waals surface area contributed by atoms with E-state index >= 15 is 0 Å². The van der Waals surface area contributed by atoms with E-state index in [9.17, 15) is 5.11 Å². The zero-order chi connectivity index (χ0) is 16.9. The summed E-state index contributed by atoms with van der Waals surface area (Å²) in [4.78, 5) is 12.4. The number of aliphatic hydroxyl groups is 1. The van der Waals surface area contributed by atoms with Crippen molar-refractivity contribution in [1.29, 1.82) is 0 Å². The van der Waals surface area contributed by atoms with Crippen LogP contribution in [-0.4, -0.2) is 38.5 Å². The molecule has 0 saturated heterocycles. The van der Waals surface area contributed by atoms with Gasteiger partial charge in [-0.15, -0.1) is 11.8 Å². The minimum Gasteiger partial charge on any atom is -0.395 e. The van der Waals surface area contributed by atoms with E-state index in [1.54, 1.807) is 11.8 Å². The van der Waals surface area contributed by atoms with Crippen molar-refractivity contribution in [3.8, 4) is 0 Å². The zero-order valence-electron chi connectivity index (χ0n) is 12.9. The highest BCUT2D eigenvalue weighted by molar-refractivity contribution is 7.99. The average molecular weight is 364 g/mol. The maximum Gasteiger partial charge on any atom is 0.151 e. The highest BCUT2D eigenvalue weighted by Gasteiger charge is 2.12. The Labute approximate surface area is 148 Å². The summed E-state index contributed by atoms with van der Waals surface area (Å²) >= 11 is 7.55. The summed E-state index contributed by atoms with van der Waals surface area (Å²) in [6, 6.07) is 7.64. The Balaban J connectivity index is 1.59. The number of nitrogens with zero attached hydrogens (tertiary/aromatic N) is 2. The Morgan fingerprint density at radius 3 is 2.83 bits per heavy atom. The second-order valence-corrected chi connectivity index (χ2v) is 6.85. The smallest absolute Gasteiger partial charge is 0.151 e. The number of aromatic amines is 1. The molecule has 0 spiro atoms. The number of hydrogen-bond donors (Lipinski definition) is 4. The normalized spacial score (nSPS) is 12.6. The van der Waals surface area contributed by atoms with Gasteiger partial charge in [0.25, 0.3) is 0 Å². The van der Waals surface area contributed by atoms with Crippen LogP contribution in [0.5, 0.6) is 0 Å². The van der Waals surface area contributed by atoms with E-state index in [2.05, 4.69) is 20.3 Å². The number of fused-ring (bicyclic) bond motifs is 1. The van der Waals surface area contributed by atoms with Crippen LogP contribution in [0.25, 0.3) is 11.0 Å². The van der Waals surface area contributed by atoms with Gasteiger partial charge in [0.05, 0.1) is 12.1 Å². The number of thioether (sulfide) groups is 1. The standard InChI is InChI=1S/C16H18ClN5OS/c17-11-1-3-13(4-2-11)24-8-12(7-23)19-5-10-6-20-15-14(10)21-9-22-16(15)18/h1-4,6,9,12,19-20,23H,5,7-8H2,(H2,18,21,22). The second kappa shape index (κ2) is 7.85. The van der Waals surface area contributed by atoms with Gasteiger partial charge in [0.2, 0.25) is 0 Å². The van der Waals surface area contributed by atoms with Crippen molar-refractivity contribution in [3.05, 3.63) is 47.4 Å². The maximum atomic E-state index is 9.58. The van der Waals surface area contributed by atoms with Crippen molar-refractivity contribution in [2.75, 3.05) is 18.1 Å². The van der Waals surface area contributed by atoms with Crippen LogP contribution >= 0.6 is 23.4 Å². The van der Waals surface area contributed by atoms with Crippen LogP contribution in [0.1, 0.15) is 5.56 Å². The lowest BCUT2D eigenvalue weighted by molar-refractivity contribution is 0.253. The fourth-order valence-electron chi connectivity index (χ4n) is 2.31. The Kier molecular flexibility index (Phi) is 5.57. The van der Waals surface area contributed by atoms with Gasteiger partial charge in [-0.05, 0) is 24.3 Å². The zero-order valence-corrected chi connectivity index (χ0v) is 14.4. The molecule has 0 saturated carbocycles. The monoisotopic (exact) mass is 363 g/mol. The van der Waals surface area contributed by atoms with Crippen LogP contribution in [0, 0.1) is 0 Å². The first-order valence-electron chi connectivity index (χ1n) is 7.46. The van der Waals surface area contributed by atoms with Crippen LogP contribution in [0.15, 0.2) is 41.7 Å². The molecule has 0 aliphatic carbocycles. The molecule has 126 valence electrons. The van der Waals surface area contributed by atoms with Gasteiger partial charge >= 0.3 is 0 Å². The Hall–Kier alpha value is -1.80. The SMILES string of the molecule is Nc1ncnc2c(CNC(CO)CSc3ccc(Cl)cc3)c[nH]c12. The molecule has 24 heavy (non-hydrogen) atoms. The minimum atomic E-state index is -0.0326. The number of benzene rings is 1. The molecule has 0 amide bonds. The van der Waals surface area contributed by atoms with E-state index in [1.807, 2.05) is 30.5 Å². The minimum absolute atomic E-state index is 0.0326. The predicted octanol–water partition coefficient (Wildman–Crippen LogP) is 2.44. The van der Waals surface area contributed by atoms with E-state index in [4.69, 9.17) is 17.3 Å². The van der Waals surface area contributed by atoms with E-state index in [0.717, 1.165) is 32.3 Å². The molecule has 0 bridgehead atoms. The third-order valence-electron chi connectivity index (χ3n) is 3.64. The summed E-state index contributed by atoms with van der Waals surface area (Å²) in [6.07, 6.45) is 3.32. The fraction of sp³-hybridized carbons (Fsp3) is 0.250. The van der Waals surface area contributed by atoms with Crippen LogP contribution in [0.4, 0.5) is 5.82 Å². The first kappa shape index (κ1) is 17.0. The fourth-order valence-corrected chi connectivity index (χ4v) is 3.38. The number of nitrogen functional groups attached to an aromatic ring is 1. The van der Waals surface area contributed by atoms with Gasteiger partial charge in [0, 0.05) is 40.0 Å². The van der Waals surface area contributed by atoms with Gasteiger partial charge in [-0.3, -0.25) is 0 Å². The number of halogens is 1. The van der Waals surface area contributed by atoms with Crippen molar-refractivity contribution in [3.63, 3.8) is 0 Å². The molecule has 2 aromatic heterocycles.